The van der Waals surface area contributed by atoms with Crippen molar-refractivity contribution in [2.45, 2.75) is 13.3 Å². The van der Waals surface area contributed by atoms with Crippen molar-refractivity contribution in [3.63, 3.8) is 0 Å². The fourth-order valence-corrected chi connectivity index (χ4v) is 1.58. The van der Waals surface area contributed by atoms with Gasteiger partial charge in [0.25, 0.3) is 0 Å². The van der Waals surface area contributed by atoms with Gasteiger partial charge in [-0.1, -0.05) is 24.3 Å². The summed E-state index contributed by atoms with van der Waals surface area (Å²) in [6, 6.07) is 5.75. The van der Waals surface area contributed by atoms with Crippen LogP contribution in [0, 0.1) is 3.57 Å². The van der Waals surface area contributed by atoms with E-state index < -0.39 is 0 Å². The van der Waals surface area contributed by atoms with Crippen molar-refractivity contribution < 1.29 is 5.11 Å². The molecule has 1 nitrogen and oxygen atoms in total. The Bertz CT molecular complexity index is 305. The zero-order valence-electron chi connectivity index (χ0n) is 6.97. The average molecular weight is 274 g/mol. The molecule has 0 fully saturated rings. The summed E-state index contributed by atoms with van der Waals surface area (Å²) in [6.07, 6.45) is 0.753. The minimum absolute atomic E-state index is 0.390. The second-order valence-corrected chi connectivity index (χ2v) is 4.04. The zero-order valence-corrected chi connectivity index (χ0v) is 9.13. The lowest BCUT2D eigenvalue weighted by Crippen LogP contribution is -1.87. The van der Waals surface area contributed by atoms with E-state index in [1.165, 1.54) is 0 Å². The maximum atomic E-state index is 9.60. The van der Waals surface area contributed by atoms with Crippen LogP contribution >= 0.6 is 22.6 Å². The molecule has 1 aromatic carbocycles. The molecule has 1 N–H and O–H groups in total. The largest absolute Gasteiger partial charge is 0.507 e. The second kappa shape index (κ2) is 3.94. The number of hydrogen-bond acceptors (Lipinski definition) is 1. The van der Waals surface area contributed by atoms with Gasteiger partial charge >= 0.3 is 0 Å². The van der Waals surface area contributed by atoms with E-state index in [-0.39, 0.29) is 0 Å². The Balaban J connectivity index is 3.00. The van der Waals surface area contributed by atoms with E-state index in [0.717, 1.165) is 21.1 Å². The number of aromatic hydroxyl groups is 1. The first-order valence-electron chi connectivity index (χ1n) is 3.72. The van der Waals surface area contributed by atoms with E-state index in [9.17, 15) is 5.11 Å². The number of phenolic OH excluding ortho intramolecular Hbond substituents is 1. The summed E-state index contributed by atoms with van der Waals surface area (Å²) in [6.45, 7) is 5.77. The molecule has 0 atom stereocenters. The Kier molecular flexibility index (Phi) is 3.14. The average Bonchev–Trinajstić information content (AvgIpc) is 1.98. The molecule has 0 radical (unpaired) electrons. The molecule has 1 rings (SSSR count). The summed E-state index contributed by atoms with van der Waals surface area (Å²) in [5, 5.41) is 9.60. The standard InChI is InChI=1S/C10H11IO/c1-7(2)6-8-4-3-5-9(11)10(8)12/h3-5,12H,1,6H2,2H3. The third kappa shape index (κ3) is 2.24. The van der Waals surface area contributed by atoms with Gasteiger partial charge in [-0.2, -0.15) is 0 Å². The SMILES string of the molecule is C=C(C)Cc1cccc(I)c1O. The van der Waals surface area contributed by atoms with Gasteiger partial charge in [-0.15, -0.1) is 0 Å². The monoisotopic (exact) mass is 274 g/mol. The second-order valence-electron chi connectivity index (χ2n) is 2.88. The Morgan fingerprint density at radius 2 is 2.25 bits per heavy atom. The fourth-order valence-electron chi connectivity index (χ4n) is 1.03. The number of rotatable bonds is 2. The first kappa shape index (κ1) is 9.58. The molecule has 0 amide bonds. The Hall–Kier alpha value is -0.510. The topological polar surface area (TPSA) is 20.2 Å². The van der Waals surface area contributed by atoms with Crippen LogP contribution in [0.15, 0.2) is 30.4 Å². The maximum absolute atomic E-state index is 9.60. The summed E-state index contributed by atoms with van der Waals surface area (Å²) < 4.78 is 0.895. The van der Waals surface area contributed by atoms with E-state index in [4.69, 9.17) is 0 Å². The van der Waals surface area contributed by atoms with Crippen LogP contribution < -0.4 is 0 Å². The predicted molar refractivity (Wildman–Crippen MR) is 59.3 cm³/mol. The highest BCUT2D eigenvalue weighted by molar-refractivity contribution is 14.1. The van der Waals surface area contributed by atoms with Crippen molar-refractivity contribution in [2.24, 2.45) is 0 Å². The van der Waals surface area contributed by atoms with Crippen molar-refractivity contribution in [1.82, 2.24) is 0 Å². The number of allylic oxidation sites excluding steroid dienone is 1. The first-order valence-corrected chi connectivity index (χ1v) is 4.80. The highest BCUT2D eigenvalue weighted by Crippen LogP contribution is 2.25. The van der Waals surface area contributed by atoms with Gasteiger partial charge in [0, 0.05) is 0 Å². The van der Waals surface area contributed by atoms with Gasteiger partial charge in [0.15, 0.2) is 0 Å². The molecule has 0 aromatic heterocycles. The molecular weight excluding hydrogens is 263 g/mol. The molecule has 0 saturated carbocycles. The molecule has 0 saturated heterocycles. The molecule has 1 aromatic rings. The van der Waals surface area contributed by atoms with E-state index >= 15 is 0 Å². The lowest BCUT2D eigenvalue weighted by atomic mass is 10.1. The Morgan fingerprint density at radius 3 is 2.83 bits per heavy atom. The maximum Gasteiger partial charge on any atom is 0.132 e. The summed E-state index contributed by atoms with van der Waals surface area (Å²) in [7, 11) is 0. The first-order chi connectivity index (χ1) is 5.61. The molecule has 2 heteroatoms. The van der Waals surface area contributed by atoms with Crippen molar-refractivity contribution >= 4 is 22.6 Å². The van der Waals surface area contributed by atoms with Crippen LogP contribution in [0.25, 0.3) is 0 Å². The van der Waals surface area contributed by atoms with Crippen LogP contribution in [-0.2, 0) is 6.42 Å². The van der Waals surface area contributed by atoms with Crippen molar-refractivity contribution in [1.29, 1.82) is 0 Å². The predicted octanol–water partition coefficient (Wildman–Crippen LogP) is 3.12. The van der Waals surface area contributed by atoms with Crippen molar-refractivity contribution in [2.75, 3.05) is 0 Å². The zero-order chi connectivity index (χ0) is 9.14. The van der Waals surface area contributed by atoms with Crippen LogP contribution in [0.5, 0.6) is 5.75 Å². The van der Waals surface area contributed by atoms with E-state index in [2.05, 4.69) is 29.2 Å². The van der Waals surface area contributed by atoms with Crippen LogP contribution in [0.3, 0.4) is 0 Å². The normalized spacial score (nSPS) is 9.83. The van der Waals surface area contributed by atoms with Crippen LogP contribution in [0.2, 0.25) is 0 Å². The van der Waals surface area contributed by atoms with Gasteiger partial charge in [0.05, 0.1) is 3.57 Å². The number of benzene rings is 1. The number of para-hydroxylation sites is 1. The third-order valence-electron chi connectivity index (χ3n) is 1.56. The molecule has 0 bridgehead atoms. The Labute approximate surface area is 86.3 Å². The molecule has 0 heterocycles. The Morgan fingerprint density at radius 1 is 1.58 bits per heavy atom. The number of phenols is 1. The van der Waals surface area contributed by atoms with E-state index in [1.54, 1.807) is 0 Å². The van der Waals surface area contributed by atoms with Crippen LogP contribution in [-0.4, -0.2) is 5.11 Å². The number of halogens is 1. The molecule has 0 aliphatic carbocycles. The van der Waals surface area contributed by atoms with E-state index in [0.29, 0.717) is 5.75 Å². The van der Waals surface area contributed by atoms with Gasteiger partial charge in [-0.05, 0) is 47.6 Å². The lowest BCUT2D eigenvalue weighted by Gasteiger charge is -2.04. The molecular formula is C10H11IO. The molecule has 0 spiro atoms. The third-order valence-corrected chi connectivity index (χ3v) is 2.43. The van der Waals surface area contributed by atoms with Gasteiger partial charge < -0.3 is 5.11 Å². The smallest absolute Gasteiger partial charge is 0.132 e. The minimum Gasteiger partial charge on any atom is -0.507 e. The lowest BCUT2D eigenvalue weighted by molar-refractivity contribution is 0.465. The molecule has 0 aliphatic heterocycles. The number of hydrogen-bond donors (Lipinski definition) is 1. The highest BCUT2D eigenvalue weighted by Gasteiger charge is 2.03. The van der Waals surface area contributed by atoms with E-state index in [1.807, 2.05) is 25.1 Å². The molecule has 0 unspecified atom stereocenters. The minimum atomic E-state index is 0.390. The molecule has 64 valence electrons. The van der Waals surface area contributed by atoms with Gasteiger partial charge in [0.2, 0.25) is 0 Å². The van der Waals surface area contributed by atoms with Gasteiger partial charge in [0.1, 0.15) is 5.75 Å². The van der Waals surface area contributed by atoms with Gasteiger partial charge in [-0.3, -0.25) is 0 Å². The summed E-state index contributed by atoms with van der Waals surface area (Å²) in [4.78, 5) is 0. The quantitative estimate of drug-likeness (QED) is 0.649. The van der Waals surface area contributed by atoms with Crippen molar-refractivity contribution in [3.8, 4) is 5.75 Å². The van der Waals surface area contributed by atoms with Crippen LogP contribution in [0.1, 0.15) is 12.5 Å². The molecule has 12 heavy (non-hydrogen) atoms. The summed E-state index contributed by atoms with van der Waals surface area (Å²) >= 11 is 2.12. The van der Waals surface area contributed by atoms with Gasteiger partial charge in [-0.25, -0.2) is 0 Å². The highest BCUT2D eigenvalue weighted by atomic mass is 127. The van der Waals surface area contributed by atoms with Crippen molar-refractivity contribution in [3.05, 3.63) is 39.5 Å². The molecule has 0 aliphatic rings. The summed E-state index contributed by atoms with van der Waals surface area (Å²) in [5.41, 5.74) is 2.02. The fraction of sp³-hybridized carbons (Fsp3) is 0.200. The van der Waals surface area contributed by atoms with Crippen LogP contribution in [0.4, 0.5) is 0 Å². The summed E-state index contributed by atoms with van der Waals surface area (Å²) in [5.74, 6) is 0.390.